The lowest BCUT2D eigenvalue weighted by Crippen LogP contribution is -2.48. The molecule has 142 valence electrons. The van der Waals surface area contributed by atoms with Crippen LogP contribution in [0, 0.1) is 0 Å². The summed E-state index contributed by atoms with van der Waals surface area (Å²) in [5, 5.41) is 0.487. The van der Waals surface area contributed by atoms with E-state index in [1.165, 1.54) is 0 Å². The minimum absolute atomic E-state index is 0.0464. The van der Waals surface area contributed by atoms with Crippen molar-refractivity contribution in [1.82, 2.24) is 9.80 Å². The molecule has 2 aromatic rings. The molecule has 1 fully saturated rings. The fraction of sp³-hybridized carbons (Fsp3) is 0.333. The maximum absolute atomic E-state index is 12.5. The normalized spacial score (nSPS) is 14.7. The molecule has 3 rings (SSSR count). The molecule has 5 nitrogen and oxygen atoms in total. The second-order valence-electron chi connectivity index (χ2n) is 6.61. The summed E-state index contributed by atoms with van der Waals surface area (Å²) in [6.45, 7) is 1.23. The molecule has 1 saturated heterocycles. The minimum Gasteiger partial charge on any atom is -0.482 e. The van der Waals surface area contributed by atoms with Crippen molar-refractivity contribution >= 4 is 23.4 Å². The Kier molecular flexibility index (Phi) is 6.35. The number of hydrogen-bond donors (Lipinski definition) is 0. The van der Waals surface area contributed by atoms with Crippen LogP contribution in [0.15, 0.2) is 54.6 Å². The summed E-state index contributed by atoms with van der Waals surface area (Å²) in [6, 6.07) is 16.5. The number of nitrogens with zero attached hydrogens (tertiary/aromatic N) is 2. The van der Waals surface area contributed by atoms with Gasteiger partial charge in [-0.1, -0.05) is 41.9 Å². The van der Waals surface area contributed by atoms with Gasteiger partial charge in [-0.3, -0.25) is 9.59 Å². The van der Waals surface area contributed by atoms with E-state index in [0.717, 1.165) is 12.8 Å². The fourth-order valence-electron chi connectivity index (χ4n) is 3.23. The average molecular weight is 387 g/mol. The van der Waals surface area contributed by atoms with Crippen LogP contribution >= 0.6 is 11.6 Å². The first-order chi connectivity index (χ1) is 13.1. The summed E-state index contributed by atoms with van der Waals surface area (Å²) in [4.78, 5) is 28.5. The van der Waals surface area contributed by atoms with E-state index < -0.39 is 0 Å². The highest BCUT2D eigenvalue weighted by molar-refractivity contribution is 6.32. The molecule has 0 N–H and O–H groups in total. The lowest BCUT2D eigenvalue weighted by atomic mass is 10.0. The van der Waals surface area contributed by atoms with Crippen molar-refractivity contribution in [3.63, 3.8) is 0 Å². The van der Waals surface area contributed by atoms with Gasteiger partial charge in [-0.2, -0.15) is 0 Å². The number of amides is 2. The predicted molar refractivity (Wildman–Crippen MR) is 105 cm³/mol. The smallest absolute Gasteiger partial charge is 0.260 e. The summed E-state index contributed by atoms with van der Waals surface area (Å²) < 4.78 is 5.54. The van der Waals surface area contributed by atoms with Gasteiger partial charge in [0.15, 0.2) is 6.61 Å². The molecular weight excluding hydrogens is 364 g/mol. The molecule has 0 bridgehead atoms. The molecule has 27 heavy (non-hydrogen) atoms. The van der Waals surface area contributed by atoms with Crippen LogP contribution in [0.2, 0.25) is 5.02 Å². The molecule has 1 aliphatic heterocycles. The molecule has 2 aromatic carbocycles. The maximum atomic E-state index is 12.5. The molecule has 6 heteroatoms. The number of likely N-dealkylation sites (N-methyl/N-ethyl adjacent to an activating group) is 1. The average Bonchev–Trinajstić information content (AvgIpc) is 2.72. The largest absolute Gasteiger partial charge is 0.482 e. The highest BCUT2D eigenvalue weighted by Gasteiger charge is 2.28. The lowest BCUT2D eigenvalue weighted by molar-refractivity contribution is -0.134. The fourth-order valence-corrected chi connectivity index (χ4v) is 3.42. The number of benzene rings is 2. The van der Waals surface area contributed by atoms with Crippen molar-refractivity contribution in [2.45, 2.75) is 18.9 Å². The molecular formula is C21H23ClN2O3. The van der Waals surface area contributed by atoms with E-state index in [4.69, 9.17) is 16.3 Å². The van der Waals surface area contributed by atoms with Crippen LogP contribution in [0.4, 0.5) is 0 Å². The minimum atomic E-state index is -0.0947. The van der Waals surface area contributed by atoms with E-state index in [1.807, 2.05) is 47.4 Å². The second-order valence-corrected chi connectivity index (χ2v) is 7.02. The van der Waals surface area contributed by atoms with Crippen LogP contribution in [0.5, 0.6) is 5.75 Å². The summed E-state index contributed by atoms with van der Waals surface area (Å²) >= 11 is 6.04. The number of likely N-dealkylation sites (tertiary alicyclic amines) is 1. The topological polar surface area (TPSA) is 49.9 Å². The highest BCUT2D eigenvalue weighted by Crippen LogP contribution is 2.23. The Morgan fingerprint density at radius 1 is 1.07 bits per heavy atom. The summed E-state index contributed by atoms with van der Waals surface area (Å²) in [6.07, 6.45) is 1.51. The Morgan fingerprint density at radius 2 is 1.70 bits per heavy atom. The third kappa shape index (κ3) is 4.80. The molecule has 0 radical (unpaired) electrons. The monoisotopic (exact) mass is 386 g/mol. The lowest BCUT2D eigenvalue weighted by Gasteiger charge is -2.36. The molecule has 0 aromatic heterocycles. The second kappa shape index (κ2) is 8.91. The van der Waals surface area contributed by atoms with Crippen molar-refractivity contribution in [3.05, 3.63) is 65.2 Å². The zero-order chi connectivity index (χ0) is 19.2. The van der Waals surface area contributed by atoms with Gasteiger partial charge in [0.25, 0.3) is 11.8 Å². The Balaban J connectivity index is 1.49. The molecule has 0 atom stereocenters. The van der Waals surface area contributed by atoms with Gasteiger partial charge in [-0.25, -0.2) is 0 Å². The third-order valence-electron chi connectivity index (χ3n) is 4.90. The molecule has 0 saturated carbocycles. The van der Waals surface area contributed by atoms with E-state index in [0.29, 0.717) is 29.4 Å². The van der Waals surface area contributed by atoms with E-state index in [-0.39, 0.29) is 24.5 Å². The van der Waals surface area contributed by atoms with Crippen molar-refractivity contribution in [2.75, 3.05) is 26.7 Å². The molecule has 1 aliphatic rings. The van der Waals surface area contributed by atoms with Gasteiger partial charge >= 0.3 is 0 Å². The van der Waals surface area contributed by atoms with Crippen LogP contribution in [-0.2, 0) is 4.79 Å². The van der Waals surface area contributed by atoms with Crippen LogP contribution in [0.1, 0.15) is 23.2 Å². The third-order valence-corrected chi connectivity index (χ3v) is 5.21. The first-order valence-corrected chi connectivity index (χ1v) is 9.41. The number of carbonyl (C=O) groups excluding carboxylic acids is 2. The maximum Gasteiger partial charge on any atom is 0.260 e. The van der Waals surface area contributed by atoms with E-state index >= 15 is 0 Å². The summed E-state index contributed by atoms with van der Waals surface area (Å²) in [5.74, 6) is 0.456. The van der Waals surface area contributed by atoms with Crippen molar-refractivity contribution < 1.29 is 14.3 Å². The number of rotatable bonds is 5. The summed E-state index contributed by atoms with van der Waals surface area (Å²) in [5.41, 5.74) is 0.702. The first-order valence-electron chi connectivity index (χ1n) is 9.03. The van der Waals surface area contributed by atoms with E-state index in [9.17, 15) is 9.59 Å². The number of carbonyl (C=O) groups is 2. The standard InChI is InChI=1S/C21H23ClN2O3/c1-23(20(25)15-27-19-10-6-5-9-18(19)22)17-11-13-24(14-12-17)21(26)16-7-3-2-4-8-16/h2-10,17H,11-15H2,1H3. The zero-order valence-electron chi connectivity index (χ0n) is 15.3. The SMILES string of the molecule is CN(C(=O)COc1ccccc1Cl)C1CCN(C(=O)c2ccccc2)CC1. The van der Waals surface area contributed by atoms with Gasteiger partial charge < -0.3 is 14.5 Å². The molecule has 1 heterocycles. The number of piperidine rings is 1. The quantitative estimate of drug-likeness (QED) is 0.790. The Hall–Kier alpha value is -2.53. The molecule has 0 unspecified atom stereocenters. The molecule has 0 aliphatic carbocycles. The first kappa shape index (κ1) is 19.2. The Labute approximate surface area is 164 Å². The van der Waals surface area contributed by atoms with Crippen LogP contribution in [0.3, 0.4) is 0 Å². The Bertz CT molecular complexity index is 789. The van der Waals surface area contributed by atoms with Gasteiger partial charge in [0.05, 0.1) is 5.02 Å². The number of halogens is 1. The van der Waals surface area contributed by atoms with Gasteiger partial charge in [0.2, 0.25) is 0 Å². The number of hydrogen-bond acceptors (Lipinski definition) is 3. The van der Waals surface area contributed by atoms with E-state index in [2.05, 4.69) is 0 Å². The van der Waals surface area contributed by atoms with Crippen molar-refractivity contribution in [2.24, 2.45) is 0 Å². The zero-order valence-corrected chi connectivity index (χ0v) is 16.1. The molecule has 2 amide bonds. The van der Waals surface area contributed by atoms with E-state index in [1.54, 1.807) is 24.1 Å². The van der Waals surface area contributed by atoms with Gasteiger partial charge in [-0.15, -0.1) is 0 Å². The highest BCUT2D eigenvalue weighted by atomic mass is 35.5. The van der Waals surface area contributed by atoms with Crippen molar-refractivity contribution in [1.29, 1.82) is 0 Å². The summed E-state index contributed by atoms with van der Waals surface area (Å²) in [7, 11) is 1.79. The van der Waals surface area contributed by atoms with Gasteiger partial charge in [0, 0.05) is 31.7 Å². The number of para-hydroxylation sites is 1. The van der Waals surface area contributed by atoms with Crippen LogP contribution in [0.25, 0.3) is 0 Å². The van der Waals surface area contributed by atoms with Gasteiger partial charge in [0.1, 0.15) is 5.75 Å². The van der Waals surface area contributed by atoms with Crippen LogP contribution in [-0.4, -0.2) is 54.4 Å². The Morgan fingerprint density at radius 3 is 2.37 bits per heavy atom. The van der Waals surface area contributed by atoms with Crippen LogP contribution < -0.4 is 4.74 Å². The van der Waals surface area contributed by atoms with Crippen molar-refractivity contribution in [3.8, 4) is 5.75 Å². The van der Waals surface area contributed by atoms with Gasteiger partial charge in [-0.05, 0) is 37.1 Å². The predicted octanol–water partition coefficient (Wildman–Crippen LogP) is 3.48. The number of ether oxygens (including phenoxy) is 1. The molecule has 0 spiro atoms.